The Morgan fingerprint density at radius 2 is 1.05 bits per heavy atom. The van der Waals surface area contributed by atoms with Crippen LogP contribution in [0.4, 0.5) is 51.2 Å². The lowest BCUT2D eigenvalue weighted by atomic mass is 9.33. The lowest BCUT2D eigenvalue weighted by molar-refractivity contribution is 0.590. The van der Waals surface area contributed by atoms with Crippen molar-refractivity contribution < 1.29 is 6.85 Å². The first-order chi connectivity index (χ1) is 37.3. The molecule has 2 heterocycles. The molecule has 74 heavy (non-hydrogen) atoms. The van der Waals surface area contributed by atoms with Gasteiger partial charge in [0.05, 0.1) is 12.5 Å². The van der Waals surface area contributed by atoms with E-state index in [2.05, 4.69) is 238 Å². The molecule has 0 aromatic heterocycles. The minimum Gasteiger partial charge on any atom is -0.311 e. The quantitative estimate of drug-likeness (QED) is 0.154. The molecule has 9 aromatic carbocycles. The Kier molecular flexibility index (Phi) is 9.62. The predicted molar refractivity (Wildman–Crippen MR) is 319 cm³/mol. The molecule has 3 nitrogen and oxygen atoms in total. The molecule has 2 aliphatic heterocycles. The van der Waals surface area contributed by atoms with Crippen molar-refractivity contribution in [3.05, 3.63) is 227 Å². The zero-order valence-electron chi connectivity index (χ0n) is 50.0. The number of hydrogen-bond acceptors (Lipinski definition) is 3. The van der Waals surface area contributed by atoms with Crippen LogP contribution in [0.1, 0.15) is 116 Å². The standard InChI is InChI=1S/C70H68BN3/c1-45-39-64-66-65(40-45)74(52-33-35-55-54-25-19-20-26-57(54)70(11,12)58(55)43-52)63-44-53(72(50-23-17-14-18-24-50)61-37-29-48(68(5,6)7)41-56(61)46-21-15-13-16-22-46)34-36-59(63)71(66)60-42-49(69(8,9)10)30-38-62(60)73(64)51-31-27-47(28-32-51)67(2,3)4/h13-44H,1-12H3/i14D,17D,18D,23D,24D. The van der Waals surface area contributed by atoms with Gasteiger partial charge < -0.3 is 14.7 Å². The van der Waals surface area contributed by atoms with Crippen molar-refractivity contribution in [3.8, 4) is 22.3 Å². The zero-order valence-corrected chi connectivity index (χ0v) is 45.0. The smallest absolute Gasteiger partial charge is 0.252 e. The van der Waals surface area contributed by atoms with E-state index in [1.807, 2.05) is 23.1 Å². The molecule has 0 radical (unpaired) electrons. The fraction of sp³-hybridized carbons (Fsp3) is 0.229. The molecular formula is C70H68BN3. The van der Waals surface area contributed by atoms with Gasteiger partial charge in [-0.3, -0.25) is 0 Å². The van der Waals surface area contributed by atoms with Crippen LogP contribution in [0.5, 0.6) is 0 Å². The highest BCUT2D eigenvalue weighted by molar-refractivity contribution is 7.00. The summed E-state index contributed by atoms with van der Waals surface area (Å²) < 4.78 is 46.3. The molecule has 4 heteroatoms. The van der Waals surface area contributed by atoms with Crippen LogP contribution >= 0.6 is 0 Å². The van der Waals surface area contributed by atoms with Crippen molar-refractivity contribution in [1.29, 1.82) is 0 Å². The van der Waals surface area contributed by atoms with E-state index < -0.39 is 18.1 Å². The maximum atomic E-state index is 9.67. The fourth-order valence-corrected chi connectivity index (χ4v) is 12.0. The van der Waals surface area contributed by atoms with E-state index >= 15 is 0 Å². The molecule has 0 N–H and O–H groups in total. The first-order valence-electron chi connectivity index (χ1n) is 28.8. The summed E-state index contributed by atoms with van der Waals surface area (Å²) in [5.41, 5.74) is 22.3. The Balaban J connectivity index is 1.19. The zero-order chi connectivity index (χ0) is 56.0. The monoisotopic (exact) mass is 967 g/mol. The van der Waals surface area contributed by atoms with Gasteiger partial charge in [0, 0.05) is 56.5 Å². The minimum absolute atomic E-state index is 0.0144. The third-order valence-electron chi connectivity index (χ3n) is 16.0. The molecule has 0 atom stereocenters. The summed E-state index contributed by atoms with van der Waals surface area (Å²) in [5.74, 6) is 0. The normalized spacial score (nSPS) is 15.2. The Morgan fingerprint density at radius 3 is 1.74 bits per heavy atom. The van der Waals surface area contributed by atoms with Crippen LogP contribution in [0.15, 0.2) is 194 Å². The van der Waals surface area contributed by atoms with E-state index in [4.69, 9.17) is 4.11 Å². The predicted octanol–water partition coefficient (Wildman–Crippen LogP) is 17.4. The average molecular weight is 967 g/mol. The van der Waals surface area contributed by atoms with Gasteiger partial charge in [0.25, 0.3) is 6.71 Å². The van der Waals surface area contributed by atoms with E-state index in [0.29, 0.717) is 11.4 Å². The highest BCUT2D eigenvalue weighted by Crippen LogP contribution is 2.53. The lowest BCUT2D eigenvalue weighted by Crippen LogP contribution is -2.61. The van der Waals surface area contributed by atoms with Crippen LogP contribution in [-0.4, -0.2) is 6.71 Å². The minimum atomic E-state index is -0.434. The molecule has 0 amide bonds. The summed E-state index contributed by atoms with van der Waals surface area (Å²) in [5, 5.41) is 0. The van der Waals surface area contributed by atoms with Crippen LogP contribution in [0, 0.1) is 6.92 Å². The van der Waals surface area contributed by atoms with Crippen LogP contribution in [0.25, 0.3) is 22.3 Å². The van der Waals surface area contributed by atoms with Gasteiger partial charge in [-0.2, -0.15) is 0 Å². The second kappa shape index (κ2) is 17.0. The number of para-hydroxylation sites is 1. The summed E-state index contributed by atoms with van der Waals surface area (Å²) in [6.45, 7) is 26.9. The van der Waals surface area contributed by atoms with E-state index in [9.17, 15) is 2.74 Å². The number of aryl methyl sites for hydroxylation is 1. The maximum absolute atomic E-state index is 9.67. The summed E-state index contributed by atoms with van der Waals surface area (Å²) in [4.78, 5) is 6.84. The average Bonchev–Trinajstić information content (AvgIpc) is 3.60. The summed E-state index contributed by atoms with van der Waals surface area (Å²) in [6, 6.07) is 58.0. The van der Waals surface area contributed by atoms with Crippen LogP contribution < -0.4 is 31.1 Å². The molecular weight excluding hydrogens is 894 g/mol. The topological polar surface area (TPSA) is 9.72 Å². The van der Waals surface area contributed by atoms with Gasteiger partial charge in [0.15, 0.2) is 0 Å². The summed E-state index contributed by atoms with van der Waals surface area (Å²) >= 11 is 0. The first kappa shape index (κ1) is 41.9. The highest BCUT2D eigenvalue weighted by Gasteiger charge is 2.45. The van der Waals surface area contributed by atoms with Crippen molar-refractivity contribution >= 4 is 74.3 Å². The SMILES string of the molecule is [2H]c1c([2H])c([2H])c(N(c2ccc3c(c2)N(c2ccc4c(c2)C(C)(C)c2ccccc2-4)c2cc(C)cc4c2B3c2cc(C(C)(C)C)ccc2N4c2ccc(C(C)(C)C)cc2)c2ccc(C(C)(C)C)cc2-c2ccccc2)c([2H])c1[2H]. The Morgan fingerprint density at radius 1 is 0.459 bits per heavy atom. The second-order valence-corrected chi connectivity index (χ2v) is 24.4. The number of fused-ring (bicyclic) bond motifs is 7. The van der Waals surface area contributed by atoms with Gasteiger partial charge in [-0.05, 0) is 168 Å². The van der Waals surface area contributed by atoms with Crippen molar-refractivity contribution in [3.63, 3.8) is 0 Å². The van der Waals surface area contributed by atoms with Crippen molar-refractivity contribution in [2.24, 2.45) is 0 Å². The largest absolute Gasteiger partial charge is 0.311 e. The highest BCUT2D eigenvalue weighted by atomic mass is 15.2. The molecule has 12 rings (SSSR count). The van der Waals surface area contributed by atoms with Crippen LogP contribution in [-0.2, 0) is 21.7 Å². The van der Waals surface area contributed by atoms with Crippen molar-refractivity contribution in [1.82, 2.24) is 0 Å². The molecule has 366 valence electrons. The molecule has 3 aliphatic rings. The lowest BCUT2D eigenvalue weighted by Gasteiger charge is -2.45. The molecule has 0 bridgehead atoms. The number of hydrogen-bond donors (Lipinski definition) is 0. The van der Waals surface area contributed by atoms with Crippen molar-refractivity contribution in [2.75, 3.05) is 14.7 Å². The van der Waals surface area contributed by atoms with Gasteiger partial charge in [-0.25, -0.2) is 0 Å². The Labute approximate surface area is 448 Å². The van der Waals surface area contributed by atoms with Crippen molar-refractivity contribution in [2.45, 2.75) is 105 Å². The van der Waals surface area contributed by atoms with Gasteiger partial charge in [-0.1, -0.05) is 191 Å². The Hall–Kier alpha value is -7.56. The fourth-order valence-electron chi connectivity index (χ4n) is 12.0. The van der Waals surface area contributed by atoms with E-state index in [1.54, 1.807) is 0 Å². The summed E-state index contributed by atoms with van der Waals surface area (Å²) in [7, 11) is 0. The van der Waals surface area contributed by atoms with E-state index in [0.717, 1.165) is 61.8 Å². The molecule has 0 fully saturated rings. The molecule has 0 unspecified atom stereocenters. The number of anilines is 9. The van der Waals surface area contributed by atoms with E-state index in [1.165, 1.54) is 44.3 Å². The first-order valence-corrected chi connectivity index (χ1v) is 26.3. The van der Waals surface area contributed by atoms with Crippen LogP contribution in [0.2, 0.25) is 0 Å². The number of benzene rings is 9. The third-order valence-corrected chi connectivity index (χ3v) is 16.0. The number of rotatable bonds is 6. The number of nitrogens with zero attached hydrogens (tertiary/aromatic N) is 3. The van der Waals surface area contributed by atoms with Gasteiger partial charge in [-0.15, -0.1) is 0 Å². The summed E-state index contributed by atoms with van der Waals surface area (Å²) in [6.07, 6.45) is 0. The second-order valence-electron chi connectivity index (χ2n) is 24.4. The van der Waals surface area contributed by atoms with Gasteiger partial charge in [0.2, 0.25) is 0 Å². The van der Waals surface area contributed by atoms with Crippen LogP contribution in [0.3, 0.4) is 0 Å². The molecule has 9 aromatic rings. The maximum Gasteiger partial charge on any atom is 0.252 e. The molecule has 0 saturated heterocycles. The van der Waals surface area contributed by atoms with Gasteiger partial charge >= 0.3 is 0 Å². The van der Waals surface area contributed by atoms with Gasteiger partial charge in [0.1, 0.15) is 0 Å². The van der Waals surface area contributed by atoms with E-state index in [-0.39, 0.29) is 46.1 Å². The molecule has 1 aliphatic carbocycles. The Bertz CT molecular complexity index is 3950. The molecule has 0 saturated carbocycles. The third kappa shape index (κ3) is 7.71. The molecule has 0 spiro atoms.